The molecule has 188 valence electrons. The number of hydrogen-bond donors (Lipinski definition) is 1. The van der Waals surface area contributed by atoms with E-state index < -0.39 is 11.6 Å². The lowest BCUT2D eigenvalue weighted by Gasteiger charge is -2.27. The maximum Gasteiger partial charge on any atom is 0.270 e. The highest BCUT2D eigenvalue weighted by Crippen LogP contribution is 2.31. The monoisotopic (exact) mass is 495 g/mol. The molecule has 36 heavy (non-hydrogen) atoms. The summed E-state index contributed by atoms with van der Waals surface area (Å²) in [4.78, 5) is 18.0. The van der Waals surface area contributed by atoms with Crippen LogP contribution in [-0.2, 0) is 6.61 Å². The van der Waals surface area contributed by atoms with E-state index in [1.165, 1.54) is 30.3 Å². The molecule has 2 heterocycles. The fraction of sp³-hybridized carbons (Fsp3) is 0.286. The SMILES string of the molecule is Cc1nc2c(OCc3c(F)cccc3F)cccn2c1C(=O)NC(CC(C)(C)C)c1ccc(F)cc1. The van der Waals surface area contributed by atoms with Gasteiger partial charge in [-0.15, -0.1) is 0 Å². The molecule has 8 heteroatoms. The summed E-state index contributed by atoms with van der Waals surface area (Å²) >= 11 is 0. The number of aromatic nitrogens is 2. The van der Waals surface area contributed by atoms with Gasteiger partial charge in [-0.05, 0) is 60.7 Å². The molecule has 2 aromatic carbocycles. The third kappa shape index (κ3) is 5.53. The Morgan fingerprint density at radius 3 is 2.33 bits per heavy atom. The number of rotatable bonds is 7. The van der Waals surface area contributed by atoms with Crippen molar-refractivity contribution in [2.75, 3.05) is 0 Å². The van der Waals surface area contributed by atoms with Crippen molar-refractivity contribution >= 4 is 11.6 Å². The molecule has 0 aliphatic heterocycles. The van der Waals surface area contributed by atoms with Gasteiger partial charge in [-0.2, -0.15) is 0 Å². The molecule has 1 amide bonds. The minimum Gasteiger partial charge on any atom is -0.485 e. The quantitative estimate of drug-likeness (QED) is 0.317. The van der Waals surface area contributed by atoms with Gasteiger partial charge in [-0.25, -0.2) is 18.2 Å². The Balaban J connectivity index is 1.63. The first kappa shape index (κ1) is 25.3. The minimum atomic E-state index is -0.702. The van der Waals surface area contributed by atoms with Gasteiger partial charge >= 0.3 is 0 Å². The second-order valence-electron chi connectivity index (χ2n) is 9.94. The first-order valence-electron chi connectivity index (χ1n) is 11.6. The number of fused-ring (bicyclic) bond motifs is 1. The maximum absolute atomic E-state index is 14.0. The largest absolute Gasteiger partial charge is 0.485 e. The highest BCUT2D eigenvalue weighted by molar-refractivity contribution is 5.95. The molecule has 1 N–H and O–H groups in total. The number of imidazole rings is 1. The minimum absolute atomic E-state index is 0.107. The van der Waals surface area contributed by atoms with E-state index in [0.717, 1.165) is 5.56 Å². The van der Waals surface area contributed by atoms with Crippen LogP contribution in [0.15, 0.2) is 60.8 Å². The highest BCUT2D eigenvalue weighted by atomic mass is 19.1. The van der Waals surface area contributed by atoms with Crippen LogP contribution >= 0.6 is 0 Å². The Labute approximate surface area is 207 Å². The van der Waals surface area contributed by atoms with Crippen molar-refractivity contribution in [2.45, 2.75) is 46.8 Å². The van der Waals surface area contributed by atoms with E-state index in [9.17, 15) is 18.0 Å². The van der Waals surface area contributed by atoms with Gasteiger partial charge in [0.1, 0.15) is 29.8 Å². The van der Waals surface area contributed by atoms with Crippen LogP contribution in [0.3, 0.4) is 0 Å². The van der Waals surface area contributed by atoms with Crippen molar-refractivity contribution in [3.63, 3.8) is 0 Å². The lowest BCUT2D eigenvalue weighted by Crippen LogP contribution is -2.32. The number of carbonyl (C=O) groups is 1. The molecule has 2 aromatic heterocycles. The molecule has 1 atom stereocenters. The van der Waals surface area contributed by atoms with Gasteiger partial charge in [0.05, 0.1) is 17.3 Å². The van der Waals surface area contributed by atoms with Crippen LogP contribution in [0.1, 0.15) is 60.5 Å². The van der Waals surface area contributed by atoms with E-state index in [2.05, 4.69) is 31.1 Å². The first-order valence-corrected chi connectivity index (χ1v) is 11.6. The van der Waals surface area contributed by atoms with Crippen LogP contribution < -0.4 is 10.1 Å². The number of nitrogens with one attached hydrogen (secondary N) is 1. The van der Waals surface area contributed by atoms with Crippen molar-refractivity contribution in [1.82, 2.24) is 14.7 Å². The smallest absolute Gasteiger partial charge is 0.270 e. The zero-order valence-electron chi connectivity index (χ0n) is 20.6. The van der Waals surface area contributed by atoms with Crippen LogP contribution in [0.4, 0.5) is 13.2 Å². The summed E-state index contributed by atoms with van der Waals surface area (Å²) in [5.41, 5.74) is 1.63. The number of halogens is 3. The molecule has 0 saturated heterocycles. The van der Waals surface area contributed by atoms with Crippen LogP contribution in [0, 0.1) is 29.8 Å². The van der Waals surface area contributed by atoms with E-state index in [0.29, 0.717) is 23.5 Å². The summed E-state index contributed by atoms with van der Waals surface area (Å²) < 4.78 is 48.9. The summed E-state index contributed by atoms with van der Waals surface area (Å²) in [5, 5.41) is 3.07. The van der Waals surface area contributed by atoms with Crippen LogP contribution in [0.25, 0.3) is 5.65 Å². The Bertz CT molecular complexity index is 1370. The van der Waals surface area contributed by atoms with Gasteiger partial charge in [0.15, 0.2) is 11.4 Å². The molecule has 0 saturated carbocycles. The van der Waals surface area contributed by atoms with Gasteiger partial charge < -0.3 is 10.1 Å². The number of pyridine rings is 1. The number of nitrogens with zero attached hydrogens (tertiary/aromatic N) is 2. The van der Waals surface area contributed by atoms with Crippen molar-refractivity contribution in [2.24, 2.45) is 5.41 Å². The van der Waals surface area contributed by atoms with Gasteiger partial charge in [0.2, 0.25) is 0 Å². The molecule has 0 radical (unpaired) electrons. The Kier molecular flexibility index (Phi) is 7.06. The lowest BCUT2D eigenvalue weighted by molar-refractivity contribution is 0.0919. The van der Waals surface area contributed by atoms with Gasteiger partial charge in [-0.3, -0.25) is 9.20 Å². The Morgan fingerprint density at radius 2 is 1.69 bits per heavy atom. The number of carbonyl (C=O) groups excluding carboxylic acids is 1. The third-order valence-electron chi connectivity index (χ3n) is 5.83. The number of benzene rings is 2. The van der Waals surface area contributed by atoms with Crippen molar-refractivity contribution in [1.29, 1.82) is 0 Å². The third-order valence-corrected chi connectivity index (χ3v) is 5.83. The zero-order valence-corrected chi connectivity index (χ0v) is 20.6. The number of aryl methyl sites for hydroxylation is 1. The normalized spacial score (nSPS) is 12.5. The zero-order chi connectivity index (χ0) is 26.0. The molecule has 0 aliphatic rings. The van der Waals surface area contributed by atoms with Crippen LogP contribution in [0.2, 0.25) is 0 Å². The average Bonchev–Trinajstić information content (AvgIpc) is 3.14. The summed E-state index contributed by atoms with van der Waals surface area (Å²) in [6.07, 6.45) is 2.31. The van der Waals surface area contributed by atoms with E-state index in [4.69, 9.17) is 4.74 Å². The summed E-state index contributed by atoms with van der Waals surface area (Å²) in [7, 11) is 0. The second kappa shape index (κ2) is 10.0. The number of ether oxygens (including phenoxy) is 1. The van der Waals surface area contributed by atoms with Crippen molar-refractivity contribution in [3.05, 3.63) is 101 Å². The summed E-state index contributed by atoms with van der Waals surface area (Å²) in [6.45, 7) is 7.58. The fourth-order valence-corrected chi connectivity index (χ4v) is 4.15. The van der Waals surface area contributed by atoms with E-state index in [1.807, 2.05) is 0 Å². The molecule has 0 fully saturated rings. The van der Waals surface area contributed by atoms with Gasteiger partial charge in [-0.1, -0.05) is 39.0 Å². The van der Waals surface area contributed by atoms with Gasteiger partial charge in [0, 0.05) is 6.20 Å². The molecule has 4 aromatic rings. The Morgan fingerprint density at radius 1 is 1.03 bits per heavy atom. The standard InChI is InChI=1S/C28H28F3N3O2/c1-17-25(27(35)33-23(15-28(2,3)4)18-10-12-19(29)13-11-18)34-14-6-9-24(26(34)32-17)36-16-20-21(30)7-5-8-22(20)31/h5-14,23H,15-16H2,1-4H3,(H,33,35). The van der Waals surface area contributed by atoms with Crippen LogP contribution in [0.5, 0.6) is 5.75 Å². The second-order valence-corrected chi connectivity index (χ2v) is 9.94. The van der Waals surface area contributed by atoms with Gasteiger partial charge in [0.25, 0.3) is 5.91 Å². The van der Waals surface area contributed by atoms with E-state index in [-0.39, 0.29) is 41.1 Å². The molecule has 5 nitrogen and oxygen atoms in total. The highest BCUT2D eigenvalue weighted by Gasteiger charge is 2.26. The molecular formula is C28H28F3N3O2. The topological polar surface area (TPSA) is 55.6 Å². The summed E-state index contributed by atoms with van der Waals surface area (Å²) in [6, 6.07) is 12.6. The molecule has 4 rings (SSSR count). The molecule has 1 unspecified atom stereocenters. The Hall–Kier alpha value is -3.81. The lowest BCUT2D eigenvalue weighted by atomic mass is 9.85. The fourth-order valence-electron chi connectivity index (χ4n) is 4.15. The number of hydrogen-bond acceptors (Lipinski definition) is 3. The predicted octanol–water partition coefficient (Wildman–Crippen LogP) is 6.55. The maximum atomic E-state index is 14.0. The van der Waals surface area contributed by atoms with E-state index >= 15 is 0 Å². The molecule has 0 bridgehead atoms. The van der Waals surface area contributed by atoms with Crippen molar-refractivity contribution in [3.8, 4) is 5.75 Å². The van der Waals surface area contributed by atoms with Crippen LogP contribution in [-0.4, -0.2) is 15.3 Å². The van der Waals surface area contributed by atoms with E-state index in [1.54, 1.807) is 41.8 Å². The average molecular weight is 496 g/mol. The molecule has 0 spiro atoms. The molecular weight excluding hydrogens is 467 g/mol. The molecule has 0 aliphatic carbocycles. The first-order chi connectivity index (χ1) is 17.0. The predicted molar refractivity (Wildman–Crippen MR) is 131 cm³/mol. The number of amides is 1. The summed E-state index contributed by atoms with van der Waals surface area (Å²) in [5.74, 6) is -1.82. The van der Waals surface area contributed by atoms with Crippen molar-refractivity contribution < 1.29 is 22.7 Å².